The van der Waals surface area contributed by atoms with Crippen molar-refractivity contribution >= 4 is 11.5 Å². The SMILES string of the molecule is CCNc1ncnc(-c2cccc([N+](=O)[O-])c2)c1OC. The van der Waals surface area contributed by atoms with Crippen LogP contribution in [0.25, 0.3) is 11.3 Å². The molecule has 2 rings (SSSR count). The van der Waals surface area contributed by atoms with Gasteiger partial charge in [0.05, 0.1) is 12.0 Å². The molecular weight excluding hydrogens is 260 g/mol. The molecule has 2 aromatic rings. The molecule has 1 aromatic heterocycles. The molecule has 0 aliphatic rings. The summed E-state index contributed by atoms with van der Waals surface area (Å²) in [6.07, 6.45) is 1.40. The number of nitrogens with zero attached hydrogens (tertiary/aromatic N) is 3. The summed E-state index contributed by atoms with van der Waals surface area (Å²) in [5, 5.41) is 13.9. The number of non-ortho nitro benzene ring substituents is 1. The van der Waals surface area contributed by atoms with E-state index in [-0.39, 0.29) is 5.69 Å². The third-order valence-corrected chi connectivity index (χ3v) is 2.68. The number of aromatic nitrogens is 2. The van der Waals surface area contributed by atoms with Crippen molar-refractivity contribution in [1.29, 1.82) is 0 Å². The van der Waals surface area contributed by atoms with E-state index in [0.717, 1.165) is 0 Å². The summed E-state index contributed by atoms with van der Waals surface area (Å²) in [7, 11) is 1.51. The number of anilines is 1. The third-order valence-electron chi connectivity index (χ3n) is 2.68. The van der Waals surface area contributed by atoms with Gasteiger partial charge in [-0.1, -0.05) is 12.1 Å². The number of nitro benzene ring substituents is 1. The Labute approximate surface area is 115 Å². The minimum absolute atomic E-state index is 0.00756. The predicted octanol–water partition coefficient (Wildman–Crippen LogP) is 2.49. The Morgan fingerprint density at radius 1 is 1.40 bits per heavy atom. The van der Waals surface area contributed by atoms with Crippen molar-refractivity contribution in [3.05, 3.63) is 40.7 Å². The highest BCUT2D eigenvalue weighted by Crippen LogP contribution is 2.34. The van der Waals surface area contributed by atoms with Crippen molar-refractivity contribution < 1.29 is 9.66 Å². The molecule has 0 bridgehead atoms. The first-order valence-corrected chi connectivity index (χ1v) is 6.05. The van der Waals surface area contributed by atoms with E-state index in [4.69, 9.17) is 4.74 Å². The van der Waals surface area contributed by atoms with E-state index in [1.165, 1.54) is 25.6 Å². The average Bonchev–Trinajstić information content (AvgIpc) is 2.47. The Hall–Kier alpha value is -2.70. The van der Waals surface area contributed by atoms with Crippen molar-refractivity contribution in [3.63, 3.8) is 0 Å². The Bertz CT molecular complexity index is 631. The van der Waals surface area contributed by atoms with Crippen LogP contribution in [0.15, 0.2) is 30.6 Å². The van der Waals surface area contributed by atoms with Crippen LogP contribution in [0.5, 0.6) is 5.75 Å². The largest absolute Gasteiger partial charge is 0.491 e. The zero-order valence-electron chi connectivity index (χ0n) is 11.2. The minimum atomic E-state index is -0.442. The lowest BCUT2D eigenvalue weighted by Crippen LogP contribution is -2.04. The number of rotatable bonds is 5. The summed E-state index contributed by atoms with van der Waals surface area (Å²) in [4.78, 5) is 18.7. The predicted molar refractivity (Wildman–Crippen MR) is 74.8 cm³/mol. The molecule has 104 valence electrons. The summed E-state index contributed by atoms with van der Waals surface area (Å²) in [6.45, 7) is 2.62. The van der Waals surface area contributed by atoms with E-state index in [1.807, 2.05) is 6.92 Å². The van der Waals surface area contributed by atoms with E-state index < -0.39 is 4.92 Å². The lowest BCUT2D eigenvalue weighted by molar-refractivity contribution is -0.384. The third kappa shape index (κ3) is 2.66. The molecule has 1 aromatic carbocycles. The number of benzene rings is 1. The van der Waals surface area contributed by atoms with Crippen molar-refractivity contribution in [3.8, 4) is 17.0 Å². The molecule has 7 nitrogen and oxygen atoms in total. The van der Waals surface area contributed by atoms with Gasteiger partial charge in [0.1, 0.15) is 12.0 Å². The van der Waals surface area contributed by atoms with Gasteiger partial charge in [-0.15, -0.1) is 0 Å². The maximum Gasteiger partial charge on any atom is 0.270 e. The number of methoxy groups -OCH3 is 1. The van der Waals surface area contributed by atoms with Gasteiger partial charge in [0.2, 0.25) is 0 Å². The van der Waals surface area contributed by atoms with Crippen LogP contribution in [0, 0.1) is 10.1 Å². The quantitative estimate of drug-likeness (QED) is 0.665. The Morgan fingerprint density at radius 3 is 2.85 bits per heavy atom. The van der Waals surface area contributed by atoms with E-state index >= 15 is 0 Å². The topological polar surface area (TPSA) is 90.2 Å². The summed E-state index contributed by atoms with van der Waals surface area (Å²) >= 11 is 0. The van der Waals surface area contributed by atoms with Gasteiger partial charge in [0.25, 0.3) is 5.69 Å². The number of nitrogens with one attached hydrogen (secondary N) is 1. The smallest absolute Gasteiger partial charge is 0.270 e. The first-order chi connectivity index (χ1) is 9.67. The van der Waals surface area contributed by atoms with Crippen LogP contribution >= 0.6 is 0 Å². The number of nitro groups is 1. The monoisotopic (exact) mass is 274 g/mol. The molecule has 0 radical (unpaired) electrons. The Balaban J connectivity index is 2.54. The number of hydrogen-bond donors (Lipinski definition) is 1. The fourth-order valence-electron chi connectivity index (χ4n) is 1.83. The molecular formula is C13H14N4O3. The zero-order chi connectivity index (χ0) is 14.5. The van der Waals surface area contributed by atoms with Gasteiger partial charge in [-0.05, 0) is 6.92 Å². The van der Waals surface area contributed by atoms with Crippen molar-refractivity contribution in [1.82, 2.24) is 9.97 Å². The van der Waals surface area contributed by atoms with Gasteiger partial charge < -0.3 is 10.1 Å². The molecule has 20 heavy (non-hydrogen) atoms. The summed E-state index contributed by atoms with van der Waals surface area (Å²) in [5.74, 6) is 1.03. The van der Waals surface area contributed by atoms with Crippen LogP contribution in [-0.4, -0.2) is 28.5 Å². The average molecular weight is 274 g/mol. The fourth-order valence-corrected chi connectivity index (χ4v) is 1.83. The van der Waals surface area contributed by atoms with Crippen LogP contribution in [0.1, 0.15) is 6.92 Å². The van der Waals surface area contributed by atoms with E-state index in [2.05, 4.69) is 15.3 Å². The maximum atomic E-state index is 10.8. The molecule has 0 aliphatic heterocycles. The van der Waals surface area contributed by atoms with Crippen molar-refractivity contribution in [2.24, 2.45) is 0 Å². The van der Waals surface area contributed by atoms with E-state index in [0.29, 0.717) is 29.4 Å². The fraction of sp³-hybridized carbons (Fsp3) is 0.231. The molecule has 0 atom stereocenters. The van der Waals surface area contributed by atoms with Gasteiger partial charge in [-0.25, -0.2) is 9.97 Å². The van der Waals surface area contributed by atoms with Gasteiger partial charge >= 0.3 is 0 Å². The van der Waals surface area contributed by atoms with Crippen LogP contribution in [0.2, 0.25) is 0 Å². The lowest BCUT2D eigenvalue weighted by atomic mass is 10.1. The van der Waals surface area contributed by atoms with Crippen LogP contribution in [0.3, 0.4) is 0 Å². The number of ether oxygens (including phenoxy) is 1. The van der Waals surface area contributed by atoms with E-state index in [1.54, 1.807) is 12.1 Å². The highest BCUT2D eigenvalue weighted by atomic mass is 16.6. The van der Waals surface area contributed by atoms with Gasteiger partial charge in [-0.3, -0.25) is 10.1 Å². The second kappa shape index (κ2) is 5.96. The van der Waals surface area contributed by atoms with Crippen LogP contribution < -0.4 is 10.1 Å². The van der Waals surface area contributed by atoms with Crippen LogP contribution in [0.4, 0.5) is 11.5 Å². The first-order valence-electron chi connectivity index (χ1n) is 6.05. The molecule has 0 spiro atoms. The first kappa shape index (κ1) is 13.7. The zero-order valence-corrected chi connectivity index (χ0v) is 11.2. The second-order valence-electron chi connectivity index (χ2n) is 3.94. The normalized spacial score (nSPS) is 10.1. The van der Waals surface area contributed by atoms with Gasteiger partial charge in [0.15, 0.2) is 11.6 Å². The maximum absolute atomic E-state index is 10.8. The summed E-state index contributed by atoms with van der Waals surface area (Å²) in [6, 6.07) is 6.25. The molecule has 1 N–H and O–H groups in total. The highest BCUT2D eigenvalue weighted by Gasteiger charge is 2.15. The molecule has 0 saturated carbocycles. The van der Waals surface area contributed by atoms with Gasteiger partial charge in [0, 0.05) is 24.2 Å². The molecule has 7 heteroatoms. The molecule has 0 amide bonds. The Morgan fingerprint density at radius 2 is 2.20 bits per heavy atom. The lowest BCUT2D eigenvalue weighted by Gasteiger charge is -2.12. The van der Waals surface area contributed by atoms with Crippen molar-refractivity contribution in [2.75, 3.05) is 19.0 Å². The second-order valence-corrected chi connectivity index (χ2v) is 3.94. The molecule has 1 heterocycles. The summed E-state index contributed by atoms with van der Waals surface area (Å²) < 4.78 is 5.33. The van der Waals surface area contributed by atoms with E-state index in [9.17, 15) is 10.1 Å². The summed E-state index contributed by atoms with van der Waals surface area (Å²) in [5.41, 5.74) is 1.13. The number of hydrogen-bond acceptors (Lipinski definition) is 6. The molecule has 0 aliphatic carbocycles. The minimum Gasteiger partial charge on any atom is -0.491 e. The van der Waals surface area contributed by atoms with Crippen LogP contribution in [-0.2, 0) is 0 Å². The highest BCUT2D eigenvalue weighted by molar-refractivity contribution is 5.73. The van der Waals surface area contributed by atoms with Gasteiger partial charge in [-0.2, -0.15) is 0 Å². The Kier molecular flexibility index (Phi) is 4.09. The standard InChI is InChI=1S/C13H14N4O3/c1-3-14-13-12(20-2)11(15-8-16-13)9-5-4-6-10(7-9)17(18)19/h4-8H,3H2,1-2H3,(H,14,15,16). The molecule has 0 saturated heterocycles. The van der Waals surface area contributed by atoms with Crippen molar-refractivity contribution in [2.45, 2.75) is 6.92 Å². The molecule has 0 unspecified atom stereocenters. The molecule has 0 fully saturated rings.